The lowest BCUT2D eigenvalue weighted by Crippen LogP contribution is -2.34. The van der Waals surface area contributed by atoms with E-state index >= 15 is 0 Å². The highest BCUT2D eigenvalue weighted by Crippen LogP contribution is 2.38. The SMILES string of the molecule is CC1=NN(C(N)=S)C(=O)/C1=C1\SCC(=O)N1c1ccccc1. The van der Waals surface area contributed by atoms with Crippen molar-refractivity contribution in [3.63, 3.8) is 0 Å². The number of para-hydroxylation sites is 1. The molecular weight excluding hydrogens is 320 g/mol. The van der Waals surface area contributed by atoms with Gasteiger partial charge in [-0.15, -0.1) is 0 Å². The number of nitrogens with two attached hydrogens (primary N) is 1. The van der Waals surface area contributed by atoms with Gasteiger partial charge in [0.15, 0.2) is 5.11 Å². The molecule has 1 aromatic carbocycles. The van der Waals surface area contributed by atoms with E-state index in [0.29, 0.717) is 16.3 Å². The monoisotopic (exact) mass is 332 g/mol. The summed E-state index contributed by atoms with van der Waals surface area (Å²) < 4.78 is 0. The van der Waals surface area contributed by atoms with Crippen LogP contribution in [0.15, 0.2) is 46.0 Å². The Morgan fingerprint density at radius 1 is 1.32 bits per heavy atom. The summed E-state index contributed by atoms with van der Waals surface area (Å²) in [5.41, 5.74) is 7.09. The first-order valence-corrected chi connectivity index (χ1v) is 7.84. The second-order valence-corrected chi connectivity index (χ2v) is 6.06. The van der Waals surface area contributed by atoms with Crippen LogP contribution in [0.1, 0.15) is 6.92 Å². The van der Waals surface area contributed by atoms with Crippen LogP contribution in [0.2, 0.25) is 0 Å². The molecule has 0 aromatic heterocycles. The Hall–Kier alpha value is -2.19. The number of carbonyl (C=O) groups is 2. The van der Waals surface area contributed by atoms with E-state index in [4.69, 9.17) is 18.0 Å². The summed E-state index contributed by atoms with van der Waals surface area (Å²) in [6.07, 6.45) is 0. The Morgan fingerprint density at radius 3 is 2.59 bits per heavy atom. The van der Waals surface area contributed by atoms with E-state index < -0.39 is 5.91 Å². The largest absolute Gasteiger partial charge is 0.374 e. The van der Waals surface area contributed by atoms with Crippen molar-refractivity contribution >= 4 is 52.3 Å². The number of benzene rings is 1. The summed E-state index contributed by atoms with van der Waals surface area (Å²) in [7, 11) is 0. The molecule has 2 aliphatic heterocycles. The van der Waals surface area contributed by atoms with Gasteiger partial charge in [-0.25, -0.2) is 0 Å². The van der Waals surface area contributed by atoms with Crippen LogP contribution < -0.4 is 10.6 Å². The topological polar surface area (TPSA) is 79.0 Å². The number of amides is 2. The second kappa shape index (κ2) is 5.54. The molecule has 0 saturated carbocycles. The zero-order valence-electron chi connectivity index (χ0n) is 11.6. The van der Waals surface area contributed by atoms with Crippen LogP contribution in [0, 0.1) is 0 Å². The van der Waals surface area contributed by atoms with Crippen LogP contribution in [0.3, 0.4) is 0 Å². The number of rotatable bonds is 1. The quantitative estimate of drug-likeness (QED) is 0.622. The van der Waals surface area contributed by atoms with Crippen molar-refractivity contribution in [2.45, 2.75) is 6.92 Å². The molecule has 112 valence electrons. The maximum Gasteiger partial charge on any atom is 0.285 e. The number of carbonyl (C=O) groups excluding carboxylic acids is 2. The van der Waals surface area contributed by atoms with E-state index in [-0.39, 0.29) is 16.8 Å². The van der Waals surface area contributed by atoms with Gasteiger partial charge in [-0.05, 0) is 31.3 Å². The van der Waals surface area contributed by atoms with Gasteiger partial charge in [0.05, 0.1) is 22.1 Å². The molecule has 0 radical (unpaired) electrons. The van der Waals surface area contributed by atoms with Gasteiger partial charge in [-0.2, -0.15) is 10.1 Å². The fourth-order valence-corrected chi connectivity index (χ4v) is 3.53. The Balaban J connectivity index is 2.10. The minimum absolute atomic E-state index is 0.0759. The fourth-order valence-electron chi connectivity index (χ4n) is 2.30. The molecule has 1 saturated heterocycles. The van der Waals surface area contributed by atoms with Crippen LogP contribution in [0.5, 0.6) is 0 Å². The zero-order valence-corrected chi connectivity index (χ0v) is 13.3. The molecule has 2 N–H and O–H groups in total. The highest BCUT2D eigenvalue weighted by molar-refractivity contribution is 8.04. The number of thiocarbonyl (C=S) groups is 1. The molecule has 3 rings (SSSR count). The van der Waals surface area contributed by atoms with Gasteiger partial charge in [-0.3, -0.25) is 14.5 Å². The van der Waals surface area contributed by atoms with E-state index in [0.717, 1.165) is 10.7 Å². The van der Waals surface area contributed by atoms with Gasteiger partial charge in [-0.1, -0.05) is 30.0 Å². The second-order valence-electron chi connectivity index (χ2n) is 4.67. The maximum absolute atomic E-state index is 12.5. The molecule has 2 heterocycles. The molecular formula is C14H12N4O2S2. The van der Waals surface area contributed by atoms with E-state index in [1.165, 1.54) is 11.8 Å². The Labute approximate surface area is 136 Å². The summed E-state index contributed by atoms with van der Waals surface area (Å²) in [4.78, 5) is 26.2. The summed E-state index contributed by atoms with van der Waals surface area (Å²) in [5, 5.41) is 5.52. The highest BCUT2D eigenvalue weighted by Gasteiger charge is 2.39. The third-order valence-electron chi connectivity index (χ3n) is 3.24. The minimum atomic E-state index is -0.400. The van der Waals surface area contributed by atoms with Crippen LogP contribution in [0.25, 0.3) is 0 Å². The molecule has 2 amide bonds. The first-order chi connectivity index (χ1) is 10.5. The molecule has 8 heteroatoms. The van der Waals surface area contributed by atoms with Gasteiger partial charge in [0.25, 0.3) is 5.91 Å². The standard InChI is InChI=1S/C14H12N4O2S2/c1-8-11(12(20)18(16-8)14(15)21)13-17(10(19)7-22-13)9-5-3-2-4-6-9/h2-6H,7H2,1H3,(H2,15,21)/b13-11-. The lowest BCUT2D eigenvalue weighted by molar-refractivity contribution is -0.122. The van der Waals surface area contributed by atoms with Crippen molar-refractivity contribution in [1.82, 2.24) is 5.01 Å². The Bertz CT molecular complexity index is 742. The van der Waals surface area contributed by atoms with Crippen molar-refractivity contribution in [2.75, 3.05) is 10.7 Å². The average molecular weight is 332 g/mol. The third-order valence-corrected chi connectivity index (χ3v) is 4.46. The average Bonchev–Trinajstić information content (AvgIpc) is 3.00. The summed E-state index contributed by atoms with van der Waals surface area (Å²) in [5.74, 6) is -0.197. The minimum Gasteiger partial charge on any atom is -0.374 e. The summed E-state index contributed by atoms with van der Waals surface area (Å²) in [6.45, 7) is 1.70. The Kier molecular flexibility index (Phi) is 3.71. The number of hydrazone groups is 1. The maximum atomic E-state index is 12.5. The molecule has 22 heavy (non-hydrogen) atoms. The molecule has 0 unspecified atom stereocenters. The van der Waals surface area contributed by atoms with E-state index in [2.05, 4.69) is 5.10 Å². The summed E-state index contributed by atoms with van der Waals surface area (Å²) in [6, 6.07) is 9.19. The molecule has 0 aliphatic carbocycles. The molecule has 0 bridgehead atoms. The third kappa shape index (κ3) is 2.30. The zero-order chi connectivity index (χ0) is 15.9. The van der Waals surface area contributed by atoms with E-state index in [1.54, 1.807) is 11.8 Å². The molecule has 0 spiro atoms. The van der Waals surface area contributed by atoms with Gasteiger partial charge in [0, 0.05) is 5.69 Å². The van der Waals surface area contributed by atoms with Crippen molar-refractivity contribution in [1.29, 1.82) is 0 Å². The highest BCUT2D eigenvalue weighted by atomic mass is 32.2. The van der Waals surface area contributed by atoms with Crippen LogP contribution in [-0.2, 0) is 9.59 Å². The fraction of sp³-hybridized carbons (Fsp3) is 0.143. The van der Waals surface area contributed by atoms with Gasteiger partial charge >= 0.3 is 0 Å². The van der Waals surface area contributed by atoms with Gasteiger partial charge in [0.1, 0.15) is 0 Å². The predicted octanol–water partition coefficient (Wildman–Crippen LogP) is 1.44. The van der Waals surface area contributed by atoms with Crippen LogP contribution >= 0.6 is 24.0 Å². The number of hydrogen-bond acceptors (Lipinski definition) is 5. The van der Waals surface area contributed by atoms with Crippen molar-refractivity contribution in [3.05, 3.63) is 40.9 Å². The number of thioether (sulfide) groups is 1. The number of nitrogens with zero attached hydrogens (tertiary/aromatic N) is 3. The molecule has 1 aromatic rings. The van der Waals surface area contributed by atoms with Crippen LogP contribution in [0.4, 0.5) is 5.69 Å². The van der Waals surface area contributed by atoms with Crippen molar-refractivity contribution in [2.24, 2.45) is 10.8 Å². The normalized spacial score (nSPS) is 21.6. The van der Waals surface area contributed by atoms with Crippen molar-refractivity contribution < 1.29 is 9.59 Å². The van der Waals surface area contributed by atoms with E-state index in [1.807, 2.05) is 30.3 Å². The van der Waals surface area contributed by atoms with Crippen molar-refractivity contribution in [3.8, 4) is 0 Å². The molecule has 2 aliphatic rings. The van der Waals surface area contributed by atoms with E-state index in [9.17, 15) is 9.59 Å². The molecule has 0 atom stereocenters. The smallest absolute Gasteiger partial charge is 0.285 e. The number of hydrogen-bond donors (Lipinski definition) is 1. The molecule has 6 nitrogen and oxygen atoms in total. The summed E-state index contributed by atoms with van der Waals surface area (Å²) >= 11 is 6.14. The lowest BCUT2D eigenvalue weighted by atomic mass is 10.2. The number of anilines is 1. The first kappa shape index (κ1) is 14.7. The van der Waals surface area contributed by atoms with Gasteiger partial charge in [0.2, 0.25) is 5.91 Å². The first-order valence-electron chi connectivity index (χ1n) is 6.45. The molecule has 1 fully saturated rings. The Morgan fingerprint density at radius 2 is 2.00 bits per heavy atom. The van der Waals surface area contributed by atoms with Crippen LogP contribution in [-0.4, -0.2) is 33.4 Å². The lowest BCUT2D eigenvalue weighted by Gasteiger charge is -2.18. The van der Waals surface area contributed by atoms with Gasteiger partial charge < -0.3 is 5.73 Å². The predicted molar refractivity (Wildman–Crippen MR) is 90.2 cm³/mol.